The van der Waals surface area contributed by atoms with Gasteiger partial charge in [0.1, 0.15) is 12.7 Å². The van der Waals surface area contributed by atoms with Crippen LogP contribution in [-0.4, -0.2) is 65.7 Å². The molecule has 11 heteroatoms. The van der Waals surface area contributed by atoms with E-state index in [0.29, 0.717) is 12.8 Å². The van der Waals surface area contributed by atoms with Gasteiger partial charge in [0.15, 0.2) is 6.10 Å². The number of phosphoric ester groups is 1. The zero-order valence-electron chi connectivity index (χ0n) is 31.4. The monoisotopic (exact) mass is 723 g/mol. The molecule has 10 nitrogen and oxygen atoms in total. The number of carbonyl (C=O) groups is 2. The largest absolute Gasteiger partial charge is 0.472 e. The van der Waals surface area contributed by atoms with Crippen molar-refractivity contribution in [1.29, 1.82) is 0 Å². The van der Waals surface area contributed by atoms with Gasteiger partial charge in [-0.2, -0.15) is 0 Å². The van der Waals surface area contributed by atoms with Gasteiger partial charge in [-0.25, -0.2) is 4.57 Å². The molecule has 3 N–H and O–H groups in total. The molecular weight excluding hydrogens is 647 g/mol. The Morgan fingerprint density at radius 2 is 0.878 bits per heavy atom. The number of phosphoric acid groups is 1. The maximum absolute atomic E-state index is 12.4. The van der Waals surface area contributed by atoms with Crippen LogP contribution < -0.4 is 0 Å². The minimum absolute atomic E-state index is 0.188. The minimum atomic E-state index is -4.60. The normalized spacial score (nSPS) is 14.0. The predicted octanol–water partition coefficient (Wildman–Crippen LogP) is 9.89. The summed E-state index contributed by atoms with van der Waals surface area (Å²) in [6.07, 6.45) is 29.6. The van der Waals surface area contributed by atoms with Gasteiger partial charge in [-0.15, -0.1) is 0 Å². The van der Waals surface area contributed by atoms with E-state index in [0.717, 1.165) is 32.1 Å². The number of carbonyl (C=O) groups excluding carboxylic acids is 2. The van der Waals surface area contributed by atoms with Crippen molar-refractivity contribution in [3.8, 4) is 0 Å². The lowest BCUT2D eigenvalue weighted by Gasteiger charge is -2.20. The Labute approximate surface area is 299 Å². The molecule has 1 unspecified atom stereocenters. The summed E-state index contributed by atoms with van der Waals surface area (Å²) in [6, 6.07) is 0. The van der Waals surface area contributed by atoms with Crippen LogP contribution in [0.4, 0.5) is 0 Å². The summed E-state index contributed by atoms with van der Waals surface area (Å²) in [6.45, 7) is 2.34. The molecule has 0 aliphatic rings. The molecule has 0 saturated heterocycles. The summed E-state index contributed by atoms with van der Waals surface area (Å²) in [5.74, 6) is -0.920. The summed E-state index contributed by atoms with van der Waals surface area (Å²) < 4.78 is 32.5. The molecule has 0 fully saturated rings. The fourth-order valence-corrected chi connectivity index (χ4v) is 6.43. The molecule has 0 aromatic heterocycles. The lowest BCUT2D eigenvalue weighted by molar-refractivity contribution is -0.161. The lowest BCUT2D eigenvalue weighted by atomic mass is 10.0. The first kappa shape index (κ1) is 48.0. The van der Waals surface area contributed by atoms with Gasteiger partial charge in [-0.3, -0.25) is 18.6 Å². The van der Waals surface area contributed by atoms with E-state index < -0.39 is 51.8 Å². The predicted molar refractivity (Wildman–Crippen MR) is 196 cm³/mol. The molecule has 49 heavy (non-hydrogen) atoms. The van der Waals surface area contributed by atoms with E-state index in [-0.39, 0.29) is 19.4 Å². The third-order valence-electron chi connectivity index (χ3n) is 8.76. The quantitative estimate of drug-likeness (QED) is 0.0319. The number of esters is 2. The SMILES string of the molecule is CCCCCCCCCCCCCCCCCCCCCC(=O)OC[C@@H](COP(=O)(O)OC[C@H](O)CO)OC(=O)CCCCCCCCC. The Morgan fingerprint density at radius 1 is 0.531 bits per heavy atom. The van der Waals surface area contributed by atoms with Gasteiger partial charge >= 0.3 is 19.8 Å². The van der Waals surface area contributed by atoms with Crippen LogP contribution in [0.3, 0.4) is 0 Å². The Kier molecular flexibility index (Phi) is 34.6. The van der Waals surface area contributed by atoms with E-state index in [4.69, 9.17) is 19.1 Å². The highest BCUT2D eigenvalue weighted by atomic mass is 31.2. The Hall–Kier alpha value is -1.03. The van der Waals surface area contributed by atoms with Gasteiger partial charge < -0.3 is 24.6 Å². The fourth-order valence-electron chi connectivity index (χ4n) is 5.64. The van der Waals surface area contributed by atoms with E-state index in [1.165, 1.54) is 122 Å². The number of ether oxygens (including phenoxy) is 2. The van der Waals surface area contributed by atoms with E-state index in [1.807, 2.05) is 0 Å². The first-order valence-electron chi connectivity index (χ1n) is 20.0. The number of hydrogen-bond acceptors (Lipinski definition) is 9. The van der Waals surface area contributed by atoms with Crippen molar-refractivity contribution in [3.63, 3.8) is 0 Å². The molecule has 0 saturated carbocycles. The second-order valence-electron chi connectivity index (χ2n) is 13.7. The molecule has 0 aromatic carbocycles. The number of rotatable bonds is 38. The van der Waals surface area contributed by atoms with E-state index in [9.17, 15) is 24.2 Å². The lowest BCUT2D eigenvalue weighted by Crippen LogP contribution is -2.29. The molecule has 3 atom stereocenters. The van der Waals surface area contributed by atoms with Crippen LogP contribution in [0.5, 0.6) is 0 Å². The van der Waals surface area contributed by atoms with Gasteiger partial charge in [0, 0.05) is 12.8 Å². The first-order valence-corrected chi connectivity index (χ1v) is 21.5. The Morgan fingerprint density at radius 3 is 1.27 bits per heavy atom. The molecule has 0 aliphatic carbocycles. The maximum atomic E-state index is 12.4. The average molecular weight is 723 g/mol. The summed E-state index contributed by atoms with van der Waals surface area (Å²) in [7, 11) is -4.60. The molecule has 0 aromatic rings. The second-order valence-corrected chi connectivity index (χ2v) is 15.1. The van der Waals surface area contributed by atoms with Crippen molar-refractivity contribution in [1.82, 2.24) is 0 Å². The van der Waals surface area contributed by atoms with Crippen LogP contribution in [-0.2, 0) is 32.7 Å². The summed E-state index contributed by atoms with van der Waals surface area (Å²) in [4.78, 5) is 34.7. The van der Waals surface area contributed by atoms with Crippen molar-refractivity contribution in [3.05, 3.63) is 0 Å². The highest BCUT2D eigenvalue weighted by molar-refractivity contribution is 7.47. The van der Waals surface area contributed by atoms with Gasteiger partial charge in [-0.1, -0.05) is 168 Å². The smallest absolute Gasteiger partial charge is 0.462 e. The van der Waals surface area contributed by atoms with Crippen LogP contribution >= 0.6 is 7.82 Å². The van der Waals surface area contributed by atoms with Crippen molar-refractivity contribution in [2.24, 2.45) is 0 Å². The summed E-state index contributed by atoms with van der Waals surface area (Å²) in [5.41, 5.74) is 0. The van der Waals surface area contributed by atoms with E-state index in [2.05, 4.69) is 18.4 Å². The van der Waals surface area contributed by atoms with Gasteiger partial charge in [0.25, 0.3) is 0 Å². The Bertz CT molecular complexity index is 796. The first-order chi connectivity index (χ1) is 23.7. The van der Waals surface area contributed by atoms with Crippen LogP contribution in [0, 0.1) is 0 Å². The average Bonchev–Trinajstić information content (AvgIpc) is 3.09. The topological polar surface area (TPSA) is 149 Å². The van der Waals surface area contributed by atoms with Crippen molar-refractivity contribution in [2.75, 3.05) is 26.4 Å². The van der Waals surface area contributed by atoms with Crippen molar-refractivity contribution in [2.45, 2.75) is 206 Å². The number of aliphatic hydroxyl groups is 2. The zero-order valence-corrected chi connectivity index (χ0v) is 32.3. The number of hydrogen-bond donors (Lipinski definition) is 3. The number of unbranched alkanes of at least 4 members (excludes halogenated alkanes) is 24. The Balaban J connectivity index is 4.12. The molecule has 0 amide bonds. The molecule has 0 spiro atoms. The fraction of sp³-hybridized carbons (Fsp3) is 0.947. The maximum Gasteiger partial charge on any atom is 0.472 e. The van der Waals surface area contributed by atoms with E-state index in [1.54, 1.807) is 0 Å². The van der Waals surface area contributed by atoms with Crippen LogP contribution in [0.2, 0.25) is 0 Å². The van der Waals surface area contributed by atoms with Crippen molar-refractivity contribution < 1.29 is 47.8 Å². The number of aliphatic hydroxyl groups excluding tert-OH is 2. The van der Waals surface area contributed by atoms with Crippen LogP contribution in [0.15, 0.2) is 0 Å². The second kappa shape index (κ2) is 35.4. The van der Waals surface area contributed by atoms with Gasteiger partial charge in [0.2, 0.25) is 0 Å². The zero-order chi connectivity index (χ0) is 36.3. The molecule has 0 aliphatic heterocycles. The van der Waals surface area contributed by atoms with Crippen LogP contribution in [0.1, 0.15) is 194 Å². The summed E-state index contributed by atoms with van der Waals surface area (Å²) >= 11 is 0. The third kappa shape index (κ3) is 35.2. The van der Waals surface area contributed by atoms with E-state index >= 15 is 0 Å². The molecular formula is C38H75O10P. The van der Waals surface area contributed by atoms with Crippen molar-refractivity contribution >= 4 is 19.8 Å². The van der Waals surface area contributed by atoms with Gasteiger partial charge in [0.05, 0.1) is 19.8 Å². The third-order valence-corrected chi connectivity index (χ3v) is 9.71. The standard InChI is InChI=1S/C38H75O10P/c1-3-5-7-9-11-12-13-14-15-16-17-18-19-20-21-22-24-25-27-29-37(41)45-33-36(34-47-49(43,44)46-32-35(40)31-39)48-38(42)30-28-26-23-10-8-6-4-2/h35-36,39-40H,3-34H2,1-2H3,(H,43,44)/t35-,36+/m1/s1. The van der Waals surface area contributed by atoms with Gasteiger partial charge in [-0.05, 0) is 12.8 Å². The molecule has 0 bridgehead atoms. The highest BCUT2D eigenvalue weighted by Crippen LogP contribution is 2.43. The summed E-state index contributed by atoms with van der Waals surface area (Å²) in [5, 5.41) is 18.2. The molecule has 0 rings (SSSR count). The van der Waals surface area contributed by atoms with Crippen LogP contribution in [0.25, 0.3) is 0 Å². The molecule has 292 valence electrons. The molecule has 0 heterocycles. The molecule has 0 radical (unpaired) electrons. The minimum Gasteiger partial charge on any atom is -0.462 e. The highest BCUT2D eigenvalue weighted by Gasteiger charge is 2.27.